The molecule has 0 aromatic carbocycles. The number of allylic oxidation sites excluding steroid dienone is 1. The summed E-state index contributed by atoms with van der Waals surface area (Å²) < 4.78 is 0. The van der Waals surface area contributed by atoms with Crippen LogP contribution in [-0.2, 0) is 0 Å². The topological polar surface area (TPSA) is 34.4 Å². The lowest BCUT2D eigenvalue weighted by molar-refractivity contribution is -0.109. The van der Waals surface area contributed by atoms with E-state index >= 15 is 0 Å². The van der Waals surface area contributed by atoms with Crippen molar-refractivity contribution in [2.24, 2.45) is 10.3 Å². The van der Waals surface area contributed by atoms with Crippen LogP contribution in [0.5, 0.6) is 0 Å². The molecule has 2 aliphatic heterocycles. The first-order valence-corrected chi connectivity index (χ1v) is 4.31. The molecule has 0 saturated heterocycles. The Hall–Kier alpha value is -1.36. The summed E-state index contributed by atoms with van der Waals surface area (Å²) in [6, 6.07) is 0.423. The van der Waals surface area contributed by atoms with E-state index in [4.69, 9.17) is 0 Å². The van der Waals surface area contributed by atoms with Crippen LogP contribution in [0.1, 0.15) is 13.8 Å². The summed E-state index contributed by atoms with van der Waals surface area (Å²) in [6.07, 6.45) is 5.69. The molecule has 0 unspecified atom stereocenters. The molecule has 2 heterocycles. The Kier molecular flexibility index (Phi) is 1.81. The fraction of sp³-hybridized carbons (Fsp3) is 0.500. The molecule has 0 aromatic rings. The van der Waals surface area contributed by atoms with Gasteiger partial charge < -0.3 is 0 Å². The van der Waals surface area contributed by atoms with Crippen molar-refractivity contribution < 1.29 is 0 Å². The lowest BCUT2D eigenvalue weighted by atomic mass is 10.4. The maximum atomic E-state index is 3.99. The standard InChI is InChI=1S/C8H13N5/c1-7(2)12-6-8-4-5-9-10-13(8)11(12)3/h4-7H,1-3H3. The van der Waals surface area contributed by atoms with E-state index in [2.05, 4.69) is 35.4 Å². The molecule has 0 saturated carbocycles. The molecule has 5 heteroatoms. The molecule has 0 spiro atoms. The Morgan fingerprint density at radius 3 is 2.77 bits per heavy atom. The maximum absolute atomic E-state index is 3.99. The molecular weight excluding hydrogens is 166 g/mol. The number of nitrogens with zero attached hydrogens (tertiary/aromatic N) is 5. The highest BCUT2D eigenvalue weighted by Gasteiger charge is 2.28. The largest absolute Gasteiger partial charge is 0.289 e. The quantitative estimate of drug-likeness (QED) is 0.612. The van der Waals surface area contributed by atoms with E-state index in [1.54, 1.807) is 11.3 Å². The van der Waals surface area contributed by atoms with E-state index in [0.29, 0.717) is 6.04 Å². The van der Waals surface area contributed by atoms with Crippen molar-refractivity contribution in [2.75, 3.05) is 7.05 Å². The molecule has 2 rings (SSSR count). The molecule has 0 fully saturated rings. The normalized spacial score (nSPS) is 21.4. The predicted molar refractivity (Wildman–Crippen MR) is 48.7 cm³/mol. The van der Waals surface area contributed by atoms with Crippen LogP contribution >= 0.6 is 0 Å². The van der Waals surface area contributed by atoms with Gasteiger partial charge in [0.1, 0.15) is 5.70 Å². The van der Waals surface area contributed by atoms with Crippen molar-refractivity contribution >= 4 is 0 Å². The molecule has 0 bridgehead atoms. The van der Waals surface area contributed by atoms with Crippen LogP contribution in [-0.4, -0.2) is 28.3 Å². The van der Waals surface area contributed by atoms with E-state index in [1.165, 1.54) is 0 Å². The van der Waals surface area contributed by atoms with Gasteiger partial charge in [0.15, 0.2) is 0 Å². The minimum Gasteiger partial charge on any atom is -0.289 e. The fourth-order valence-corrected chi connectivity index (χ4v) is 1.43. The SMILES string of the molecule is CC(C)N1C=C2C=CN=NN2N1C. The van der Waals surface area contributed by atoms with Crippen molar-refractivity contribution in [2.45, 2.75) is 19.9 Å². The molecule has 0 amide bonds. The Balaban J connectivity index is 2.26. The van der Waals surface area contributed by atoms with Gasteiger partial charge in [-0.15, -0.1) is 10.2 Å². The number of hydrogen-bond acceptors (Lipinski definition) is 5. The van der Waals surface area contributed by atoms with Gasteiger partial charge in [0.05, 0.1) is 6.20 Å². The Morgan fingerprint density at radius 1 is 1.38 bits per heavy atom. The van der Waals surface area contributed by atoms with Gasteiger partial charge in [-0.3, -0.25) is 5.01 Å². The maximum Gasteiger partial charge on any atom is 0.101 e. The molecule has 13 heavy (non-hydrogen) atoms. The second-order valence-corrected chi connectivity index (χ2v) is 3.33. The molecule has 2 aliphatic rings. The van der Waals surface area contributed by atoms with Crippen LogP contribution in [0.15, 0.2) is 34.5 Å². The number of hydrogen-bond donors (Lipinski definition) is 0. The summed E-state index contributed by atoms with van der Waals surface area (Å²) in [7, 11) is 1.96. The minimum absolute atomic E-state index is 0.423. The summed E-state index contributed by atoms with van der Waals surface area (Å²) in [5.74, 6) is 0. The van der Waals surface area contributed by atoms with E-state index in [-0.39, 0.29) is 0 Å². The lowest BCUT2D eigenvalue weighted by Gasteiger charge is -2.31. The summed E-state index contributed by atoms with van der Waals surface area (Å²) in [5.41, 5.74) is 1.05. The Bertz CT molecular complexity index is 291. The van der Waals surface area contributed by atoms with Gasteiger partial charge in [0.2, 0.25) is 0 Å². The molecular formula is C8H13N5. The highest BCUT2D eigenvalue weighted by atomic mass is 16.0. The third kappa shape index (κ3) is 1.21. The second kappa shape index (κ2) is 2.85. The molecule has 0 atom stereocenters. The molecule has 0 radical (unpaired) electrons. The zero-order chi connectivity index (χ0) is 9.42. The van der Waals surface area contributed by atoms with Crippen molar-refractivity contribution in [3.8, 4) is 0 Å². The first-order valence-electron chi connectivity index (χ1n) is 4.31. The van der Waals surface area contributed by atoms with Gasteiger partial charge in [-0.1, -0.05) is 0 Å². The van der Waals surface area contributed by atoms with Crippen LogP contribution in [0.25, 0.3) is 0 Å². The zero-order valence-corrected chi connectivity index (χ0v) is 8.05. The summed E-state index contributed by atoms with van der Waals surface area (Å²) in [6.45, 7) is 4.26. The molecule has 5 nitrogen and oxygen atoms in total. The number of hydrazine groups is 2. The monoisotopic (exact) mass is 179 g/mol. The van der Waals surface area contributed by atoms with Crippen LogP contribution in [0.3, 0.4) is 0 Å². The van der Waals surface area contributed by atoms with Gasteiger partial charge in [0, 0.05) is 19.3 Å². The minimum atomic E-state index is 0.423. The van der Waals surface area contributed by atoms with Gasteiger partial charge in [0.25, 0.3) is 0 Å². The molecule has 70 valence electrons. The van der Waals surface area contributed by atoms with Crippen molar-refractivity contribution in [3.63, 3.8) is 0 Å². The van der Waals surface area contributed by atoms with Crippen molar-refractivity contribution in [1.29, 1.82) is 0 Å². The van der Waals surface area contributed by atoms with E-state index in [1.807, 2.05) is 18.2 Å². The van der Waals surface area contributed by atoms with Gasteiger partial charge in [-0.05, 0) is 25.1 Å². The summed E-state index contributed by atoms with van der Waals surface area (Å²) >= 11 is 0. The van der Waals surface area contributed by atoms with Crippen molar-refractivity contribution in [1.82, 2.24) is 15.2 Å². The van der Waals surface area contributed by atoms with Crippen LogP contribution in [0.2, 0.25) is 0 Å². The number of rotatable bonds is 1. The molecule has 0 aromatic heterocycles. The Morgan fingerprint density at radius 2 is 2.15 bits per heavy atom. The van der Waals surface area contributed by atoms with Gasteiger partial charge in [-0.2, -0.15) is 5.12 Å². The van der Waals surface area contributed by atoms with Crippen LogP contribution in [0, 0.1) is 0 Å². The van der Waals surface area contributed by atoms with E-state index < -0.39 is 0 Å². The lowest BCUT2D eigenvalue weighted by Crippen LogP contribution is -2.42. The average molecular weight is 179 g/mol. The first kappa shape index (κ1) is 8.25. The average Bonchev–Trinajstić information content (AvgIpc) is 2.45. The van der Waals surface area contributed by atoms with Gasteiger partial charge in [-0.25, -0.2) is 0 Å². The molecule has 0 aliphatic carbocycles. The Labute approximate surface area is 77.5 Å². The smallest absolute Gasteiger partial charge is 0.101 e. The van der Waals surface area contributed by atoms with Crippen LogP contribution in [0.4, 0.5) is 0 Å². The molecule has 0 N–H and O–H groups in total. The highest BCUT2D eigenvalue weighted by Crippen LogP contribution is 2.25. The number of fused-ring (bicyclic) bond motifs is 1. The van der Waals surface area contributed by atoms with Crippen molar-refractivity contribution in [3.05, 3.63) is 24.2 Å². The zero-order valence-electron chi connectivity index (χ0n) is 8.05. The third-order valence-electron chi connectivity index (χ3n) is 2.08. The van der Waals surface area contributed by atoms with E-state index in [0.717, 1.165) is 5.70 Å². The van der Waals surface area contributed by atoms with Crippen LogP contribution < -0.4 is 0 Å². The van der Waals surface area contributed by atoms with E-state index in [9.17, 15) is 0 Å². The van der Waals surface area contributed by atoms with Gasteiger partial charge >= 0.3 is 0 Å². The summed E-state index contributed by atoms with van der Waals surface area (Å²) in [4.78, 5) is 0. The summed E-state index contributed by atoms with van der Waals surface area (Å²) in [5, 5.41) is 13.6. The fourth-order valence-electron chi connectivity index (χ4n) is 1.43. The highest BCUT2D eigenvalue weighted by molar-refractivity contribution is 5.19. The first-order chi connectivity index (χ1) is 6.20. The predicted octanol–water partition coefficient (Wildman–Crippen LogP) is 1.51. The third-order valence-corrected chi connectivity index (χ3v) is 2.08. The second-order valence-electron chi connectivity index (χ2n) is 3.33.